The third-order valence-corrected chi connectivity index (χ3v) is 3.98. The van der Waals surface area contributed by atoms with Gasteiger partial charge in [-0.05, 0) is 12.1 Å². The number of esters is 1. The molecule has 29 heavy (non-hydrogen) atoms. The highest BCUT2D eigenvalue weighted by Gasteiger charge is 2.26. The van der Waals surface area contributed by atoms with Crippen LogP contribution in [-0.4, -0.2) is 60.8 Å². The van der Waals surface area contributed by atoms with E-state index in [0.29, 0.717) is 17.1 Å². The number of methoxy groups -OCH3 is 5. The van der Waals surface area contributed by atoms with E-state index < -0.39 is 17.7 Å². The van der Waals surface area contributed by atoms with Crippen LogP contribution < -0.4 is 19.8 Å². The Morgan fingerprint density at radius 2 is 1.59 bits per heavy atom. The lowest BCUT2D eigenvalue weighted by atomic mass is 10.0. The summed E-state index contributed by atoms with van der Waals surface area (Å²) in [4.78, 5) is 24.7. The Labute approximate surface area is 168 Å². The highest BCUT2D eigenvalue weighted by Crippen LogP contribution is 2.42. The van der Waals surface area contributed by atoms with E-state index in [1.807, 2.05) is 0 Å². The van der Waals surface area contributed by atoms with Crippen molar-refractivity contribution in [3.8, 4) is 28.4 Å². The smallest absolute Gasteiger partial charge is 0.379 e. The fourth-order valence-electron chi connectivity index (χ4n) is 2.75. The molecule has 2 rings (SSSR count). The maximum atomic E-state index is 12.7. The van der Waals surface area contributed by atoms with Crippen molar-refractivity contribution in [2.45, 2.75) is 6.10 Å². The summed E-state index contributed by atoms with van der Waals surface area (Å²) in [6.45, 7) is 0.322. The minimum atomic E-state index is -0.868. The highest BCUT2D eigenvalue weighted by atomic mass is 16.6. The zero-order valence-corrected chi connectivity index (χ0v) is 17.0. The number of hydrogen-bond acceptors (Lipinski definition) is 9. The molecule has 0 unspecified atom stereocenters. The van der Waals surface area contributed by atoms with Crippen LogP contribution in [0.2, 0.25) is 0 Å². The van der Waals surface area contributed by atoms with Gasteiger partial charge < -0.3 is 32.8 Å². The summed E-state index contributed by atoms with van der Waals surface area (Å²) in [5.41, 5.74) is -0.208. The molecule has 0 aliphatic carbocycles. The number of hydrogen-bond donors (Lipinski definition) is 0. The van der Waals surface area contributed by atoms with Crippen LogP contribution >= 0.6 is 0 Å². The zero-order chi connectivity index (χ0) is 21.4. The quantitative estimate of drug-likeness (QED) is 0.547. The summed E-state index contributed by atoms with van der Waals surface area (Å²) < 4.78 is 36.8. The van der Waals surface area contributed by atoms with Crippen molar-refractivity contribution in [2.24, 2.45) is 0 Å². The van der Waals surface area contributed by atoms with Crippen molar-refractivity contribution in [1.29, 1.82) is 0 Å². The van der Waals surface area contributed by atoms with Gasteiger partial charge in [0.2, 0.25) is 11.5 Å². The number of ether oxygens (including phenoxy) is 6. The van der Waals surface area contributed by atoms with E-state index in [9.17, 15) is 9.59 Å². The van der Waals surface area contributed by atoms with Gasteiger partial charge >= 0.3 is 11.6 Å². The number of benzene rings is 1. The van der Waals surface area contributed by atoms with Gasteiger partial charge in [-0.25, -0.2) is 9.59 Å². The summed E-state index contributed by atoms with van der Waals surface area (Å²) >= 11 is 0. The molecule has 0 fully saturated rings. The van der Waals surface area contributed by atoms with Gasteiger partial charge in [0.05, 0.1) is 40.1 Å². The van der Waals surface area contributed by atoms with E-state index in [2.05, 4.69) is 4.74 Å². The molecule has 0 atom stereocenters. The van der Waals surface area contributed by atoms with Gasteiger partial charge in [0.15, 0.2) is 0 Å². The highest BCUT2D eigenvalue weighted by molar-refractivity contribution is 5.90. The third-order valence-electron chi connectivity index (χ3n) is 3.98. The second kappa shape index (κ2) is 10.5. The molecule has 1 aromatic carbocycles. The first-order valence-electron chi connectivity index (χ1n) is 8.63. The lowest BCUT2D eigenvalue weighted by molar-refractivity contribution is 0.0226. The van der Waals surface area contributed by atoms with Crippen LogP contribution in [0.1, 0.15) is 10.6 Å². The molecule has 0 radical (unpaired) electrons. The van der Waals surface area contributed by atoms with Gasteiger partial charge in [-0.3, -0.25) is 0 Å². The SMILES string of the molecule is COCC(COC)Oc1c(-c2c(OC)cccc2OC)cc(C(=O)OC)oc1=O. The van der Waals surface area contributed by atoms with Crippen LogP contribution in [0.15, 0.2) is 33.5 Å². The molecule has 9 heteroatoms. The second-order valence-electron chi connectivity index (χ2n) is 5.82. The predicted molar refractivity (Wildman–Crippen MR) is 103 cm³/mol. The van der Waals surface area contributed by atoms with Crippen LogP contribution in [0.25, 0.3) is 11.1 Å². The Balaban J connectivity index is 2.75. The molecule has 0 N–H and O–H groups in total. The first-order chi connectivity index (χ1) is 14.0. The summed E-state index contributed by atoms with van der Waals surface area (Å²) in [5, 5.41) is 0. The molecule has 1 heterocycles. The van der Waals surface area contributed by atoms with Crippen LogP contribution in [0.4, 0.5) is 0 Å². The molecular formula is C20H24O9. The summed E-state index contributed by atoms with van der Waals surface area (Å²) in [7, 11) is 7.13. The monoisotopic (exact) mass is 408 g/mol. The fourth-order valence-corrected chi connectivity index (χ4v) is 2.75. The van der Waals surface area contributed by atoms with E-state index in [0.717, 1.165) is 0 Å². The van der Waals surface area contributed by atoms with Gasteiger partial charge in [-0.1, -0.05) is 6.07 Å². The van der Waals surface area contributed by atoms with E-state index >= 15 is 0 Å². The van der Waals surface area contributed by atoms with Gasteiger partial charge in [-0.2, -0.15) is 0 Å². The van der Waals surface area contributed by atoms with Crippen LogP contribution in [0.5, 0.6) is 17.2 Å². The molecule has 158 valence electrons. The van der Waals surface area contributed by atoms with E-state index in [-0.39, 0.29) is 30.3 Å². The largest absolute Gasteiger partial charge is 0.496 e. The van der Waals surface area contributed by atoms with Crippen molar-refractivity contribution >= 4 is 5.97 Å². The molecule has 1 aromatic heterocycles. The van der Waals surface area contributed by atoms with Crippen molar-refractivity contribution in [2.75, 3.05) is 48.8 Å². The van der Waals surface area contributed by atoms with Gasteiger partial charge in [0, 0.05) is 25.8 Å². The van der Waals surface area contributed by atoms with Crippen molar-refractivity contribution in [1.82, 2.24) is 0 Å². The van der Waals surface area contributed by atoms with Gasteiger partial charge in [0.1, 0.15) is 17.6 Å². The third kappa shape index (κ3) is 5.07. The van der Waals surface area contributed by atoms with Crippen LogP contribution in [0.3, 0.4) is 0 Å². The normalized spacial score (nSPS) is 10.7. The number of rotatable bonds is 10. The molecule has 2 aromatic rings. The van der Waals surface area contributed by atoms with E-state index in [1.165, 1.54) is 41.6 Å². The molecule has 0 aliphatic heterocycles. The minimum Gasteiger partial charge on any atom is -0.496 e. The molecular weight excluding hydrogens is 384 g/mol. The zero-order valence-electron chi connectivity index (χ0n) is 17.0. The summed E-state index contributed by atoms with van der Waals surface area (Å²) in [5.74, 6) is -0.423. The fraction of sp³-hybridized carbons (Fsp3) is 0.400. The lowest BCUT2D eigenvalue weighted by Crippen LogP contribution is -2.30. The van der Waals surface area contributed by atoms with E-state index in [1.54, 1.807) is 18.2 Å². The molecule has 0 aliphatic rings. The number of carbonyl (C=O) groups excluding carboxylic acids is 1. The van der Waals surface area contributed by atoms with Crippen molar-refractivity contribution in [3.05, 3.63) is 40.4 Å². The van der Waals surface area contributed by atoms with Gasteiger partial charge in [-0.15, -0.1) is 0 Å². The lowest BCUT2D eigenvalue weighted by Gasteiger charge is -2.20. The Bertz CT molecular complexity index is 860. The first-order valence-corrected chi connectivity index (χ1v) is 8.63. The van der Waals surface area contributed by atoms with Crippen molar-refractivity contribution in [3.63, 3.8) is 0 Å². The van der Waals surface area contributed by atoms with E-state index in [4.69, 9.17) is 28.1 Å². The maximum absolute atomic E-state index is 12.7. The number of carbonyl (C=O) groups is 1. The second-order valence-corrected chi connectivity index (χ2v) is 5.82. The first kappa shape index (κ1) is 22.3. The average molecular weight is 408 g/mol. The molecule has 0 saturated heterocycles. The molecule has 0 saturated carbocycles. The maximum Gasteiger partial charge on any atom is 0.379 e. The summed E-state index contributed by atoms with van der Waals surface area (Å²) in [6.07, 6.45) is -0.601. The average Bonchev–Trinajstić information content (AvgIpc) is 2.73. The van der Waals surface area contributed by atoms with Crippen LogP contribution in [0, 0.1) is 0 Å². The van der Waals surface area contributed by atoms with Crippen molar-refractivity contribution < 1.29 is 37.6 Å². The molecule has 0 bridgehead atoms. The van der Waals surface area contributed by atoms with Gasteiger partial charge in [0.25, 0.3) is 0 Å². The standard InChI is InChI=1S/C20H24O9/c1-23-10-12(11-24-2)28-18-13(9-16(19(21)27-5)29-20(18)22)17-14(25-3)7-6-8-15(17)26-4/h6-9,12H,10-11H2,1-5H3. The molecule has 0 amide bonds. The minimum absolute atomic E-state index is 0.139. The Kier molecular flexibility index (Phi) is 8.05. The Morgan fingerprint density at radius 3 is 2.07 bits per heavy atom. The molecule has 0 spiro atoms. The van der Waals surface area contributed by atoms with Crippen LogP contribution in [-0.2, 0) is 14.2 Å². The summed E-state index contributed by atoms with van der Waals surface area (Å²) in [6, 6.07) is 6.46. The Morgan fingerprint density at radius 1 is 1.00 bits per heavy atom. The molecule has 9 nitrogen and oxygen atoms in total. The Hall–Kier alpha value is -3.04. The predicted octanol–water partition coefficient (Wildman–Crippen LogP) is 2.15. The topological polar surface area (TPSA) is 103 Å².